The summed E-state index contributed by atoms with van der Waals surface area (Å²) < 4.78 is 10.2. The number of methoxy groups -OCH3 is 1. The van der Waals surface area contributed by atoms with Gasteiger partial charge in [0, 0.05) is 22.6 Å². The molecule has 3 aromatic rings. The normalized spacial score (nSPS) is 10.5. The molecule has 0 unspecified atom stereocenters. The Kier molecular flexibility index (Phi) is 3.28. The summed E-state index contributed by atoms with van der Waals surface area (Å²) in [5.74, 6) is 0.450. The van der Waals surface area contributed by atoms with Crippen molar-refractivity contribution < 1.29 is 13.9 Å². The third-order valence-corrected chi connectivity index (χ3v) is 3.25. The SMILES string of the molecule is COc1ccc(C(=O)c2cc(=O)oc3ccccc23)cc1. The lowest BCUT2D eigenvalue weighted by Crippen LogP contribution is -2.08. The molecule has 0 aliphatic carbocycles. The molecule has 0 amide bonds. The van der Waals surface area contributed by atoms with E-state index in [-0.39, 0.29) is 5.78 Å². The largest absolute Gasteiger partial charge is 0.497 e. The Morgan fingerprint density at radius 3 is 2.48 bits per heavy atom. The zero-order valence-electron chi connectivity index (χ0n) is 11.3. The molecule has 0 aliphatic rings. The quantitative estimate of drug-likeness (QED) is 0.546. The van der Waals surface area contributed by atoms with Crippen LogP contribution in [0.5, 0.6) is 5.75 Å². The van der Waals surface area contributed by atoms with Gasteiger partial charge in [-0.05, 0) is 30.3 Å². The Labute approximate surface area is 120 Å². The fraction of sp³-hybridized carbons (Fsp3) is 0.0588. The van der Waals surface area contributed by atoms with Gasteiger partial charge in [-0.25, -0.2) is 4.79 Å². The third kappa shape index (κ3) is 2.43. The monoisotopic (exact) mass is 280 g/mol. The maximum Gasteiger partial charge on any atom is 0.336 e. The molecule has 4 heteroatoms. The number of ketones is 1. The zero-order valence-corrected chi connectivity index (χ0v) is 11.3. The van der Waals surface area contributed by atoms with E-state index in [1.165, 1.54) is 6.07 Å². The maximum atomic E-state index is 12.6. The number of hydrogen-bond acceptors (Lipinski definition) is 4. The van der Waals surface area contributed by atoms with Crippen molar-refractivity contribution in [3.05, 3.63) is 76.1 Å². The average Bonchev–Trinajstić information content (AvgIpc) is 2.53. The van der Waals surface area contributed by atoms with E-state index >= 15 is 0 Å². The van der Waals surface area contributed by atoms with E-state index < -0.39 is 5.63 Å². The van der Waals surface area contributed by atoms with Crippen molar-refractivity contribution in [3.63, 3.8) is 0 Å². The summed E-state index contributed by atoms with van der Waals surface area (Å²) in [4.78, 5) is 24.2. The fourth-order valence-corrected chi connectivity index (χ4v) is 2.20. The number of carbonyl (C=O) groups excluding carboxylic acids is 1. The van der Waals surface area contributed by atoms with Crippen LogP contribution < -0.4 is 10.4 Å². The topological polar surface area (TPSA) is 56.5 Å². The molecular weight excluding hydrogens is 268 g/mol. The first-order valence-electron chi connectivity index (χ1n) is 6.40. The van der Waals surface area contributed by atoms with Gasteiger partial charge in [0.2, 0.25) is 0 Å². The van der Waals surface area contributed by atoms with Crippen LogP contribution in [0.2, 0.25) is 0 Å². The van der Waals surface area contributed by atoms with Crippen molar-refractivity contribution in [1.29, 1.82) is 0 Å². The first-order valence-corrected chi connectivity index (χ1v) is 6.40. The van der Waals surface area contributed by atoms with Crippen LogP contribution in [0.1, 0.15) is 15.9 Å². The van der Waals surface area contributed by atoms with Crippen molar-refractivity contribution in [1.82, 2.24) is 0 Å². The lowest BCUT2D eigenvalue weighted by atomic mass is 10.0. The number of benzene rings is 2. The third-order valence-electron chi connectivity index (χ3n) is 3.25. The van der Waals surface area contributed by atoms with Gasteiger partial charge in [0.1, 0.15) is 11.3 Å². The van der Waals surface area contributed by atoms with Crippen molar-refractivity contribution in [2.75, 3.05) is 7.11 Å². The van der Waals surface area contributed by atoms with E-state index in [1.807, 2.05) is 0 Å². The molecule has 4 nitrogen and oxygen atoms in total. The Morgan fingerprint density at radius 2 is 1.76 bits per heavy atom. The van der Waals surface area contributed by atoms with E-state index in [0.29, 0.717) is 27.8 Å². The second-order valence-electron chi connectivity index (χ2n) is 4.53. The molecule has 0 atom stereocenters. The Morgan fingerprint density at radius 1 is 1.05 bits per heavy atom. The van der Waals surface area contributed by atoms with Gasteiger partial charge >= 0.3 is 5.63 Å². The van der Waals surface area contributed by atoms with Gasteiger partial charge in [0.25, 0.3) is 0 Å². The molecule has 0 saturated heterocycles. The van der Waals surface area contributed by atoms with Gasteiger partial charge in [-0.1, -0.05) is 18.2 Å². The number of carbonyl (C=O) groups is 1. The lowest BCUT2D eigenvalue weighted by Gasteiger charge is -2.05. The molecule has 104 valence electrons. The van der Waals surface area contributed by atoms with Crippen LogP contribution >= 0.6 is 0 Å². The zero-order chi connectivity index (χ0) is 14.8. The molecular formula is C17H12O4. The molecule has 1 heterocycles. The molecule has 3 rings (SSSR count). The second-order valence-corrected chi connectivity index (χ2v) is 4.53. The number of para-hydroxylation sites is 1. The van der Waals surface area contributed by atoms with Gasteiger partial charge < -0.3 is 9.15 Å². The van der Waals surface area contributed by atoms with Crippen molar-refractivity contribution in [2.24, 2.45) is 0 Å². The summed E-state index contributed by atoms with van der Waals surface area (Å²) in [5.41, 5.74) is 0.700. The molecule has 0 N–H and O–H groups in total. The van der Waals surface area contributed by atoms with Gasteiger partial charge in [-0.2, -0.15) is 0 Å². The number of hydrogen-bond donors (Lipinski definition) is 0. The van der Waals surface area contributed by atoms with Crippen LogP contribution in [0, 0.1) is 0 Å². The minimum Gasteiger partial charge on any atom is -0.497 e. The summed E-state index contributed by atoms with van der Waals surface area (Å²) >= 11 is 0. The van der Waals surface area contributed by atoms with E-state index in [9.17, 15) is 9.59 Å². The van der Waals surface area contributed by atoms with Crippen molar-refractivity contribution in [3.8, 4) is 5.75 Å². The van der Waals surface area contributed by atoms with Crippen LogP contribution in [0.4, 0.5) is 0 Å². The average molecular weight is 280 g/mol. The van der Waals surface area contributed by atoms with E-state index in [2.05, 4.69) is 0 Å². The van der Waals surface area contributed by atoms with Gasteiger partial charge in [-0.3, -0.25) is 4.79 Å². The summed E-state index contributed by atoms with van der Waals surface area (Å²) in [6, 6.07) is 15.0. The van der Waals surface area contributed by atoms with E-state index in [0.717, 1.165) is 0 Å². The first-order chi connectivity index (χ1) is 10.2. The summed E-state index contributed by atoms with van der Waals surface area (Å²) in [6.45, 7) is 0. The molecule has 0 bridgehead atoms. The smallest absolute Gasteiger partial charge is 0.336 e. The van der Waals surface area contributed by atoms with Gasteiger partial charge in [-0.15, -0.1) is 0 Å². The predicted molar refractivity (Wildman–Crippen MR) is 78.9 cm³/mol. The molecule has 0 aliphatic heterocycles. The van der Waals surface area contributed by atoms with Gasteiger partial charge in [0.05, 0.1) is 7.11 Å². The standard InChI is InChI=1S/C17H12O4/c1-20-12-8-6-11(7-9-12)17(19)14-10-16(18)21-15-5-3-2-4-13(14)15/h2-10H,1H3. The molecule has 0 saturated carbocycles. The van der Waals surface area contributed by atoms with Crippen molar-refractivity contribution >= 4 is 16.8 Å². The van der Waals surface area contributed by atoms with Crippen molar-refractivity contribution in [2.45, 2.75) is 0 Å². The second kappa shape index (κ2) is 5.25. The Hall–Kier alpha value is -2.88. The minimum atomic E-state index is -0.537. The number of rotatable bonds is 3. The molecule has 0 fully saturated rings. The van der Waals surface area contributed by atoms with Crippen LogP contribution in [0.3, 0.4) is 0 Å². The molecule has 21 heavy (non-hydrogen) atoms. The minimum absolute atomic E-state index is 0.221. The fourth-order valence-electron chi connectivity index (χ4n) is 2.20. The van der Waals surface area contributed by atoms with Crippen LogP contribution in [-0.2, 0) is 0 Å². The molecule has 0 spiro atoms. The molecule has 2 aromatic carbocycles. The number of ether oxygens (including phenoxy) is 1. The maximum absolute atomic E-state index is 12.6. The summed E-state index contributed by atoms with van der Waals surface area (Å²) in [7, 11) is 1.56. The highest BCUT2D eigenvalue weighted by atomic mass is 16.5. The Bertz CT molecular complexity index is 860. The highest BCUT2D eigenvalue weighted by Gasteiger charge is 2.14. The highest BCUT2D eigenvalue weighted by molar-refractivity contribution is 6.15. The molecule has 0 radical (unpaired) electrons. The van der Waals surface area contributed by atoms with E-state index in [4.69, 9.17) is 9.15 Å². The molecule has 1 aromatic heterocycles. The van der Waals surface area contributed by atoms with Crippen LogP contribution in [-0.4, -0.2) is 12.9 Å². The predicted octanol–water partition coefficient (Wildman–Crippen LogP) is 3.03. The Balaban J connectivity index is 2.14. The van der Waals surface area contributed by atoms with Crippen LogP contribution in [0.15, 0.2) is 63.8 Å². The number of fused-ring (bicyclic) bond motifs is 1. The lowest BCUT2D eigenvalue weighted by molar-refractivity contribution is 0.103. The van der Waals surface area contributed by atoms with Gasteiger partial charge in [0.15, 0.2) is 5.78 Å². The van der Waals surface area contributed by atoms with Crippen LogP contribution in [0.25, 0.3) is 11.0 Å². The van der Waals surface area contributed by atoms with E-state index in [1.54, 1.807) is 55.6 Å². The summed E-state index contributed by atoms with van der Waals surface area (Å²) in [6.07, 6.45) is 0. The first kappa shape index (κ1) is 13.1. The highest BCUT2D eigenvalue weighted by Crippen LogP contribution is 2.21. The summed E-state index contributed by atoms with van der Waals surface area (Å²) in [5, 5.41) is 0.623.